The molecule has 0 radical (unpaired) electrons. The molecule has 1 aliphatic rings. The van der Waals surface area contributed by atoms with Crippen molar-refractivity contribution in [2.24, 2.45) is 0 Å². The Morgan fingerprint density at radius 2 is 2.19 bits per heavy atom. The molecule has 1 atom stereocenters. The SMILES string of the molecule is O=C(CC1Cc2ccccc21)c1ccoc1. The van der Waals surface area contributed by atoms with E-state index < -0.39 is 0 Å². The largest absolute Gasteiger partial charge is 0.472 e. The highest BCUT2D eigenvalue weighted by Gasteiger charge is 2.27. The van der Waals surface area contributed by atoms with Gasteiger partial charge in [-0.15, -0.1) is 0 Å². The van der Waals surface area contributed by atoms with Gasteiger partial charge in [0.2, 0.25) is 0 Å². The average Bonchev–Trinajstić information content (AvgIpc) is 2.79. The second-order valence-corrected chi connectivity index (χ2v) is 4.24. The minimum Gasteiger partial charge on any atom is -0.472 e. The number of benzene rings is 1. The van der Waals surface area contributed by atoms with Gasteiger partial charge < -0.3 is 4.42 Å². The molecule has 0 N–H and O–H groups in total. The van der Waals surface area contributed by atoms with E-state index >= 15 is 0 Å². The van der Waals surface area contributed by atoms with E-state index in [1.807, 2.05) is 12.1 Å². The van der Waals surface area contributed by atoms with Crippen LogP contribution < -0.4 is 0 Å². The number of hydrogen-bond acceptors (Lipinski definition) is 2. The first-order valence-corrected chi connectivity index (χ1v) is 5.48. The lowest BCUT2D eigenvalue weighted by Crippen LogP contribution is -2.19. The Morgan fingerprint density at radius 3 is 2.94 bits per heavy atom. The lowest BCUT2D eigenvalue weighted by molar-refractivity contribution is 0.0970. The molecule has 0 aliphatic heterocycles. The highest BCUT2D eigenvalue weighted by atomic mass is 16.3. The number of rotatable bonds is 3. The van der Waals surface area contributed by atoms with Gasteiger partial charge in [0.1, 0.15) is 6.26 Å². The summed E-state index contributed by atoms with van der Waals surface area (Å²) in [4.78, 5) is 11.9. The van der Waals surface area contributed by atoms with Crippen molar-refractivity contribution >= 4 is 5.78 Å². The molecule has 0 saturated heterocycles. The van der Waals surface area contributed by atoms with E-state index in [1.165, 1.54) is 17.4 Å². The molecule has 3 rings (SSSR count). The maximum absolute atomic E-state index is 11.9. The fourth-order valence-corrected chi connectivity index (χ4v) is 2.31. The van der Waals surface area contributed by atoms with Gasteiger partial charge in [0.25, 0.3) is 0 Å². The van der Waals surface area contributed by atoms with E-state index in [4.69, 9.17) is 4.42 Å². The van der Waals surface area contributed by atoms with E-state index in [0.717, 1.165) is 6.42 Å². The molecular formula is C14H12O2. The molecule has 0 fully saturated rings. The van der Waals surface area contributed by atoms with Crippen molar-refractivity contribution in [3.05, 3.63) is 59.5 Å². The molecule has 1 aromatic carbocycles. The fourth-order valence-electron chi connectivity index (χ4n) is 2.31. The molecule has 1 aliphatic carbocycles. The van der Waals surface area contributed by atoms with Crippen LogP contribution in [0.15, 0.2) is 47.3 Å². The molecule has 2 nitrogen and oxygen atoms in total. The fraction of sp³-hybridized carbons (Fsp3) is 0.214. The minimum absolute atomic E-state index is 0.174. The van der Waals surface area contributed by atoms with Crippen LogP contribution in [-0.4, -0.2) is 5.78 Å². The Kier molecular flexibility index (Phi) is 2.13. The summed E-state index contributed by atoms with van der Waals surface area (Å²) in [5.74, 6) is 0.576. The van der Waals surface area contributed by atoms with Crippen molar-refractivity contribution in [3.63, 3.8) is 0 Å². The smallest absolute Gasteiger partial charge is 0.166 e. The molecule has 0 saturated carbocycles. The lowest BCUT2D eigenvalue weighted by Gasteiger charge is -2.29. The first-order valence-electron chi connectivity index (χ1n) is 5.48. The van der Waals surface area contributed by atoms with Gasteiger partial charge in [-0.3, -0.25) is 4.79 Å². The third-order valence-electron chi connectivity index (χ3n) is 3.24. The van der Waals surface area contributed by atoms with Crippen LogP contribution in [0.25, 0.3) is 0 Å². The molecule has 1 unspecified atom stereocenters. The van der Waals surface area contributed by atoms with Crippen molar-refractivity contribution in [1.82, 2.24) is 0 Å². The molecule has 0 amide bonds. The number of ketones is 1. The minimum atomic E-state index is 0.174. The summed E-state index contributed by atoms with van der Waals surface area (Å²) in [7, 11) is 0. The molecule has 2 aromatic rings. The number of carbonyl (C=O) groups is 1. The Bertz CT molecular complexity index is 511. The van der Waals surface area contributed by atoms with Crippen LogP contribution in [0.5, 0.6) is 0 Å². The summed E-state index contributed by atoms with van der Waals surface area (Å²) in [5, 5.41) is 0. The van der Waals surface area contributed by atoms with Gasteiger partial charge in [0.05, 0.1) is 11.8 Å². The van der Waals surface area contributed by atoms with Crippen molar-refractivity contribution in [3.8, 4) is 0 Å². The van der Waals surface area contributed by atoms with Gasteiger partial charge in [-0.1, -0.05) is 24.3 Å². The van der Waals surface area contributed by atoms with E-state index in [-0.39, 0.29) is 5.78 Å². The summed E-state index contributed by atoms with van der Waals surface area (Å²) >= 11 is 0. The van der Waals surface area contributed by atoms with Gasteiger partial charge in [0.15, 0.2) is 5.78 Å². The first-order chi connectivity index (χ1) is 7.84. The number of fused-ring (bicyclic) bond motifs is 1. The van der Waals surface area contributed by atoms with Gasteiger partial charge in [-0.25, -0.2) is 0 Å². The Labute approximate surface area is 93.9 Å². The average molecular weight is 212 g/mol. The molecule has 1 aromatic heterocycles. The van der Waals surface area contributed by atoms with Gasteiger partial charge >= 0.3 is 0 Å². The molecule has 0 spiro atoms. The highest BCUT2D eigenvalue weighted by Crippen LogP contribution is 2.37. The topological polar surface area (TPSA) is 30.2 Å². The standard InChI is InChI=1S/C14H12O2/c15-14(11-5-6-16-9-11)8-12-7-10-3-1-2-4-13(10)12/h1-6,9,12H,7-8H2. The monoisotopic (exact) mass is 212 g/mol. The van der Waals surface area contributed by atoms with Crippen LogP contribution in [0, 0.1) is 0 Å². The zero-order chi connectivity index (χ0) is 11.0. The third kappa shape index (κ3) is 1.47. The molecule has 16 heavy (non-hydrogen) atoms. The van der Waals surface area contributed by atoms with Gasteiger partial charge in [0, 0.05) is 6.42 Å². The van der Waals surface area contributed by atoms with Crippen molar-refractivity contribution < 1.29 is 9.21 Å². The second-order valence-electron chi connectivity index (χ2n) is 4.24. The second kappa shape index (κ2) is 3.63. The number of hydrogen-bond donors (Lipinski definition) is 0. The van der Waals surface area contributed by atoms with Crippen LogP contribution in [0.1, 0.15) is 33.8 Å². The van der Waals surface area contributed by atoms with E-state index in [0.29, 0.717) is 17.9 Å². The van der Waals surface area contributed by atoms with Gasteiger partial charge in [-0.2, -0.15) is 0 Å². The predicted octanol–water partition coefficient (Wildman–Crippen LogP) is 3.19. The molecule has 1 heterocycles. The van der Waals surface area contributed by atoms with E-state index in [9.17, 15) is 4.79 Å². The molecule has 0 bridgehead atoms. The van der Waals surface area contributed by atoms with Crippen LogP contribution >= 0.6 is 0 Å². The number of Topliss-reactive ketones (excluding diaryl/α,β-unsaturated/α-hetero) is 1. The van der Waals surface area contributed by atoms with Crippen LogP contribution in [0.4, 0.5) is 0 Å². The van der Waals surface area contributed by atoms with Crippen LogP contribution in [0.2, 0.25) is 0 Å². The molecule has 2 heteroatoms. The van der Waals surface area contributed by atoms with Crippen molar-refractivity contribution in [1.29, 1.82) is 0 Å². The first kappa shape index (κ1) is 9.40. The highest BCUT2D eigenvalue weighted by molar-refractivity contribution is 5.96. The maximum atomic E-state index is 11.9. The number of carbonyl (C=O) groups excluding carboxylic acids is 1. The molecular weight excluding hydrogens is 200 g/mol. The zero-order valence-corrected chi connectivity index (χ0v) is 8.85. The Balaban J connectivity index is 1.73. The van der Waals surface area contributed by atoms with Crippen molar-refractivity contribution in [2.75, 3.05) is 0 Å². The predicted molar refractivity (Wildman–Crippen MR) is 60.5 cm³/mol. The quantitative estimate of drug-likeness (QED) is 0.731. The van der Waals surface area contributed by atoms with Crippen molar-refractivity contribution in [2.45, 2.75) is 18.8 Å². The Morgan fingerprint density at radius 1 is 1.31 bits per heavy atom. The van der Waals surface area contributed by atoms with Crippen LogP contribution in [-0.2, 0) is 6.42 Å². The third-order valence-corrected chi connectivity index (χ3v) is 3.24. The summed E-state index contributed by atoms with van der Waals surface area (Å²) in [6.45, 7) is 0. The summed E-state index contributed by atoms with van der Waals surface area (Å²) in [6.07, 6.45) is 4.69. The van der Waals surface area contributed by atoms with Crippen LogP contribution in [0.3, 0.4) is 0 Å². The number of furan rings is 1. The maximum Gasteiger partial charge on any atom is 0.166 e. The molecule has 80 valence electrons. The lowest BCUT2D eigenvalue weighted by atomic mass is 9.75. The zero-order valence-electron chi connectivity index (χ0n) is 8.85. The normalized spacial score (nSPS) is 17.6. The summed E-state index contributed by atoms with van der Waals surface area (Å²) in [5.41, 5.74) is 3.40. The van der Waals surface area contributed by atoms with E-state index in [2.05, 4.69) is 12.1 Å². The summed E-state index contributed by atoms with van der Waals surface area (Å²) < 4.78 is 4.92. The van der Waals surface area contributed by atoms with E-state index in [1.54, 1.807) is 12.3 Å². The van der Waals surface area contributed by atoms with Gasteiger partial charge in [-0.05, 0) is 29.5 Å². The Hall–Kier alpha value is -1.83. The summed E-state index contributed by atoms with van der Waals surface area (Å²) in [6, 6.07) is 10.1.